The number of hydrogen-bond acceptors (Lipinski definition) is 4. The molecule has 2 atom stereocenters. The average molecular weight is 546 g/mol. The molecule has 0 spiro atoms. The summed E-state index contributed by atoms with van der Waals surface area (Å²) in [7, 11) is 1.86. The third kappa shape index (κ3) is 5.07. The van der Waals surface area contributed by atoms with Crippen LogP contribution in [0.5, 0.6) is 0 Å². The zero-order valence-electron chi connectivity index (χ0n) is 18.4. The van der Waals surface area contributed by atoms with Crippen molar-refractivity contribution in [2.24, 2.45) is 4.99 Å². The minimum absolute atomic E-state index is 0. The maximum atomic E-state index is 6.12. The summed E-state index contributed by atoms with van der Waals surface area (Å²) in [6.45, 7) is 5.33. The molecule has 1 aromatic heterocycles. The van der Waals surface area contributed by atoms with Crippen molar-refractivity contribution < 1.29 is 4.74 Å². The lowest BCUT2D eigenvalue weighted by Crippen LogP contribution is -2.50. The van der Waals surface area contributed by atoms with E-state index in [1.807, 2.05) is 25.2 Å². The SMILES string of the molecule is CN=C(NCCc1nc2ccccc2[nH]1)N1CC2OCCN(Cc3ccccc3)C2C1.I. The van der Waals surface area contributed by atoms with Crippen molar-refractivity contribution in [2.45, 2.75) is 25.1 Å². The summed E-state index contributed by atoms with van der Waals surface area (Å²) in [5, 5.41) is 3.52. The Kier molecular flexibility index (Phi) is 7.64. The van der Waals surface area contributed by atoms with Gasteiger partial charge >= 0.3 is 0 Å². The molecule has 2 N–H and O–H groups in total. The number of benzene rings is 2. The van der Waals surface area contributed by atoms with E-state index in [0.717, 1.165) is 68.6 Å². The highest BCUT2D eigenvalue weighted by Crippen LogP contribution is 2.24. The fourth-order valence-electron chi connectivity index (χ4n) is 4.69. The highest BCUT2D eigenvalue weighted by atomic mass is 127. The molecular weight excluding hydrogens is 515 g/mol. The van der Waals surface area contributed by atoms with Crippen LogP contribution in [0.3, 0.4) is 0 Å². The van der Waals surface area contributed by atoms with E-state index < -0.39 is 0 Å². The van der Waals surface area contributed by atoms with E-state index in [1.165, 1.54) is 5.56 Å². The monoisotopic (exact) mass is 546 g/mol. The molecular formula is C24H31IN6O. The minimum atomic E-state index is 0. The van der Waals surface area contributed by atoms with Crippen molar-refractivity contribution in [3.8, 4) is 0 Å². The first kappa shape index (κ1) is 23.0. The van der Waals surface area contributed by atoms with Gasteiger partial charge in [-0.3, -0.25) is 9.89 Å². The van der Waals surface area contributed by atoms with Gasteiger partial charge in [0.05, 0.1) is 29.8 Å². The lowest BCUT2D eigenvalue weighted by atomic mass is 10.1. The van der Waals surface area contributed by atoms with Crippen LogP contribution in [0.4, 0.5) is 0 Å². The number of imidazole rings is 1. The number of H-pyrrole nitrogens is 1. The van der Waals surface area contributed by atoms with Crippen LogP contribution in [0, 0.1) is 0 Å². The number of aliphatic imine (C=N–C) groups is 1. The molecule has 2 aliphatic rings. The summed E-state index contributed by atoms with van der Waals surface area (Å²) >= 11 is 0. The lowest BCUT2D eigenvalue weighted by molar-refractivity contribution is -0.0502. The van der Waals surface area contributed by atoms with E-state index in [0.29, 0.717) is 6.04 Å². The quantitative estimate of drug-likeness (QED) is 0.293. The van der Waals surface area contributed by atoms with Gasteiger partial charge in [-0.15, -0.1) is 24.0 Å². The molecule has 2 fully saturated rings. The maximum absolute atomic E-state index is 6.12. The smallest absolute Gasteiger partial charge is 0.193 e. The van der Waals surface area contributed by atoms with Gasteiger partial charge in [0.15, 0.2) is 5.96 Å². The summed E-state index contributed by atoms with van der Waals surface area (Å²) in [4.78, 5) is 17.5. The molecule has 8 heteroatoms. The Morgan fingerprint density at radius 3 is 2.78 bits per heavy atom. The zero-order valence-corrected chi connectivity index (χ0v) is 20.7. The molecule has 3 aromatic rings. The summed E-state index contributed by atoms with van der Waals surface area (Å²) in [6, 6.07) is 19.2. The number of guanidine groups is 1. The van der Waals surface area contributed by atoms with Crippen molar-refractivity contribution in [3.05, 3.63) is 66.0 Å². The number of nitrogens with one attached hydrogen (secondary N) is 2. The zero-order chi connectivity index (χ0) is 21.0. The predicted octanol–water partition coefficient (Wildman–Crippen LogP) is 2.88. The number of nitrogens with zero attached hydrogens (tertiary/aromatic N) is 4. The van der Waals surface area contributed by atoms with Crippen molar-refractivity contribution in [2.75, 3.05) is 39.8 Å². The first-order valence-corrected chi connectivity index (χ1v) is 11.1. The Balaban J connectivity index is 0.00000245. The molecule has 32 heavy (non-hydrogen) atoms. The number of rotatable bonds is 5. The minimum Gasteiger partial charge on any atom is -0.373 e. The van der Waals surface area contributed by atoms with Gasteiger partial charge in [-0.2, -0.15) is 0 Å². The van der Waals surface area contributed by atoms with Gasteiger partial charge in [0.25, 0.3) is 0 Å². The number of aromatic amines is 1. The van der Waals surface area contributed by atoms with Gasteiger partial charge in [0.1, 0.15) is 5.82 Å². The van der Waals surface area contributed by atoms with Gasteiger partial charge in [-0.25, -0.2) is 4.98 Å². The molecule has 7 nitrogen and oxygen atoms in total. The number of hydrogen-bond donors (Lipinski definition) is 2. The van der Waals surface area contributed by atoms with Crippen LogP contribution in [0.1, 0.15) is 11.4 Å². The maximum Gasteiger partial charge on any atom is 0.193 e. The lowest BCUT2D eigenvalue weighted by Gasteiger charge is -2.36. The third-order valence-electron chi connectivity index (χ3n) is 6.24. The van der Waals surface area contributed by atoms with E-state index in [4.69, 9.17) is 4.74 Å². The number of aromatic nitrogens is 2. The standard InChI is InChI=1S/C24H30N6O.HI/c1-25-24(26-12-11-23-27-19-9-5-6-10-20(19)28-23)30-16-21-22(17-30)31-14-13-29(21)15-18-7-3-2-4-8-18;/h2-10,21-22H,11-17H2,1H3,(H,25,26)(H,27,28);1H. The molecule has 0 bridgehead atoms. The first-order valence-electron chi connectivity index (χ1n) is 11.1. The van der Waals surface area contributed by atoms with Crippen molar-refractivity contribution in [1.82, 2.24) is 25.1 Å². The molecule has 0 saturated carbocycles. The van der Waals surface area contributed by atoms with Gasteiger partial charge in [0, 0.05) is 46.2 Å². The van der Waals surface area contributed by atoms with Gasteiger partial charge in [-0.05, 0) is 17.7 Å². The van der Waals surface area contributed by atoms with Crippen molar-refractivity contribution in [3.63, 3.8) is 0 Å². The summed E-state index contributed by atoms with van der Waals surface area (Å²) < 4.78 is 6.12. The van der Waals surface area contributed by atoms with Gasteiger partial charge in [0.2, 0.25) is 0 Å². The molecule has 170 valence electrons. The fourth-order valence-corrected chi connectivity index (χ4v) is 4.69. The third-order valence-corrected chi connectivity index (χ3v) is 6.24. The Bertz CT molecular complexity index is 1010. The second-order valence-corrected chi connectivity index (χ2v) is 8.26. The Morgan fingerprint density at radius 2 is 1.97 bits per heavy atom. The first-order chi connectivity index (χ1) is 15.3. The normalized spacial score (nSPS) is 21.4. The second-order valence-electron chi connectivity index (χ2n) is 8.26. The van der Waals surface area contributed by atoms with Crippen LogP contribution in [-0.4, -0.2) is 77.7 Å². The molecule has 0 aliphatic carbocycles. The number of morpholine rings is 1. The largest absolute Gasteiger partial charge is 0.373 e. The van der Waals surface area contributed by atoms with Crippen LogP contribution in [0.15, 0.2) is 59.6 Å². The van der Waals surface area contributed by atoms with Gasteiger partial charge in [-0.1, -0.05) is 42.5 Å². The summed E-state index contributed by atoms with van der Waals surface area (Å²) in [5.41, 5.74) is 3.46. The number of fused-ring (bicyclic) bond motifs is 2. The Labute approximate surface area is 206 Å². The Morgan fingerprint density at radius 1 is 1.16 bits per heavy atom. The van der Waals surface area contributed by atoms with E-state index in [1.54, 1.807) is 0 Å². The van der Waals surface area contributed by atoms with Crippen LogP contribution in [0.2, 0.25) is 0 Å². The number of halogens is 1. The fraction of sp³-hybridized carbons (Fsp3) is 0.417. The molecule has 5 rings (SSSR count). The summed E-state index contributed by atoms with van der Waals surface area (Å²) in [5.74, 6) is 1.94. The second kappa shape index (κ2) is 10.6. The molecule has 0 amide bonds. The van der Waals surface area contributed by atoms with Crippen LogP contribution >= 0.6 is 24.0 Å². The van der Waals surface area contributed by atoms with E-state index in [9.17, 15) is 0 Å². The number of ether oxygens (including phenoxy) is 1. The summed E-state index contributed by atoms with van der Waals surface area (Å²) in [6.07, 6.45) is 1.05. The molecule has 2 aromatic carbocycles. The van der Waals surface area contributed by atoms with E-state index in [-0.39, 0.29) is 30.1 Å². The molecule has 3 heterocycles. The van der Waals surface area contributed by atoms with Gasteiger partial charge < -0.3 is 19.9 Å². The molecule has 0 radical (unpaired) electrons. The van der Waals surface area contributed by atoms with E-state index in [2.05, 4.69) is 66.5 Å². The highest BCUT2D eigenvalue weighted by molar-refractivity contribution is 14.0. The number of para-hydroxylation sites is 2. The van der Waals surface area contributed by atoms with Crippen molar-refractivity contribution >= 4 is 41.0 Å². The average Bonchev–Trinajstić information content (AvgIpc) is 3.42. The van der Waals surface area contributed by atoms with E-state index >= 15 is 0 Å². The molecule has 2 aliphatic heterocycles. The topological polar surface area (TPSA) is 68.8 Å². The predicted molar refractivity (Wildman–Crippen MR) is 139 cm³/mol. The Hall–Kier alpha value is -2.17. The van der Waals surface area contributed by atoms with Crippen LogP contribution < -0.4 is 5.32 Å². The van der Waals surface area contributed by atoms with Crippen LogP contribution in [-0.2, 0) is 17.7 Å². The molecule has 2 unspecified atom stereocenters. The highest BCUT2D eigenvalue weighted by Gasteiger charge is 2.41. The number of likely N-dealkylation sites (tertiary alicyclic amines) is 1. The van der Waals surface area contributed by atoms with Crippen molar-refractivity contribution in [1.29, 1.82) is 0 Å². The molecule has 2 saturated heterocycles. The van der Waals surface area contributed by atoms with Crippen LogP contribution in [0.25, 0.3) is 11.0 Å².